The van der Waals surface area contributed by atoms with E-state index in [1.807, 2.05) is 6.92 Å². The Balaban J connectivity index is 1.42. The van der Waals surface area contributed by atoms with E-state index in [1.165, 1.54) is 6.08 Å². The van der Waals surface area contributed by atoms with Gasteiger partial charge < -0.3 is 25.1 Å². The smallest absolute Gasteiger partial charge is 0.325 e. The number of aliphatic hydroxyl groups is 2. The van der Waals surface area contributed by atoms with E-state index in [0.29, 0.717) is 19.3 Å². The Hall–Kier alpha value is -2.83. The van der Waals surface area contributed by atoms with Crippen molar-refractivity contribution in [3.63, 3.8) is 0 Å². The molecule has 4 rings (SSSR count). The Morgan fingerprint density at radius 3 is 2.66 bits per heavy atom. The van der Waals surface area contributed by atoms with Gasteiger partial charge in [0.25, 0.3) is 5.09 Å². The summed E-state index contributed by atoms with van der Waals surface area (Å²) >= 11 is 7.40. The number of nitrogens with zero attached hydrogens (tertiary/aromatic N) is 1. The number of halogens is 1. The summed E-state index contributed by atoms with van der Waals surface area (Å²) in [6.07, 6.45) is 5.45. The highest BCUT2D eigenvalue weighted by atomic mass is 35.5. The molecule has 41 heavy (non-hydrogen) atoms. The van der Waals surface area contributed by atoms with Crippen molar-refractivity contribution in [2.45, 2.75) is 75.9 Å². The standard InChI is InChI=1S/C28H37ClN2O10/c1-16-11-20-19-7-6-17-12-18(32)8-9-25(17,2)27(19,29)21(33)13-26(20,3)28(16,37)22(34)15-40-24(36)14-30-23(35)5-4-10-41-31(38)39/h8-9,12,16,19-21,33,37H,4-7,10-11,13-15H2,1-3H3,(H,30,35)/t16-,19-,20-,21-,25-,26-,27-,28-/m0/s1. The van der Waals surface area contributed by atoms with Crippen LogP contribution < -0.4 is 5.32 Å². The molecule has 0 bridgehead atoms. The first-order valence-corrected chi connectivity index (χ1v) is 14.3. The lowest BCUT2D eigenvalue weighted by Crippen LogP contribution is -2.69. The van der Waals surface area contributed by atoms with Crippen LogP contribution in [0.15, 0.2) is 23.8 Å². The summed E-state index contributed by atoms with van der Waals surface area (Å²) < 4.78 is 5.10. The molecule has 1 amide bonds. The number of esters is 1. The third kappa shape index (κ3) is 4.97. The van der Waals surface area contributed by atoms with Crippen LogP contribution in [0.1, 0.15) is 59.3 Å². The number of carbonyl (C=O) groups excluding carboxylic acids is 4. The Labute approximate surface area is 242 Å². The van der Waals surface area contributed by atoms with Gasteiger partial charge in [-0.2, -0.15) is 0 Å². The lowest BCUT2D eigenvalue weighted by Gasteiger charge is -2.63. The third-order valence-corrected chi connectivity index (χ3v) is 11.1. The zero-order chi connectivity index (χ0) is 30.4. The molecular weight excluding hydrogens is 560 g/mol. The topological polar surface area (TPSA) is 182 Å². The molecule has 13 heteroatoms. The lowest BCUT2D eigenvalue weighted by molar-refractivity contribution is -0.757. The molecule has 4 aliphatic rings. The van der Waals surface area contributed by atoms with Gasteiger partial charge in [-0.3, -0.25) is 19.2 Å². The Bertz CT molecular complexity index is 1200. The monoisotopic (exact) mass is 596 g/mol. The summed E-state index contributed by atoms with van der Waals surface area (Å²) in [5.74, 6) is -3.21. The molecule has 0 aromatic heterocycles. The van der Waals surface area contributed by atoms with Gasteiger partial charge in [-0.1, -0.05) is 32.4 Å². The number of rotatable bonds is 10. The molecule has 0 spiro atoms. The molecular formula is C28H37ClN2O10. The summed E-state index contributed by atoms with van der Waals surface area (Å²) in [4.78, 5) is 62.8. The molecule has 3 saturated carbocycles. The highest BCUT2D eigenvalue weighted by Gasteiger charge is 2.74. The number of carbonyl (C=O) groups is 4. The molecule has 0 aromatic carbocycles. The van der Waals surface area contributed by atoms with Gasteiger partial charge in [-0.15, -0.1) is 21.7 Å². The van der Waals surface area contributed by atoms with Gasteiger partial charge in [0.05, 0.1) is 17.6 Å². The average Bonchev–Trinajstić information content (AvgIpc) is 3.11. The fourth-order valence-electron chi connectivity index (χ4n) is 8.08. The molecule has 226 valence electrons. The maximum atomic E-state index is 13.5. The summed E-state index contributed by atoms with van der Waals surface area (Å²) in [5.41, 5.74) is -2.84. The van der Waals surface area contributed by atoms with E-state index in [4.69, 9.17) is 16.3 Å². The number of alkyl halides is 1. The first-order valence-electron chi connectivity index (χ1n) is 13.9. The molecule has 0 saturated heterocycles. The average molecular weight is 597 g/mol. The van der Waals surface area contributed by atoms with Crippen molar-refractivity contribution in [1.82, 2.24) is 5.32 Å². The largest absolute Gasteiger partial charge is 0.456 e. The van der Waals surface area contributed by atoms with E-state index in [1.54, 1.807) is 26.0 Å². The maximum absolute atomic E-state index is 13.5. The minimum atomic E-state index is -1.90. The number of amides is 1. The molecule has 12 nitrogen and oxygen atoms in total. The number of aliphatic hydroxyl groups excluding tert-OH is 1. The lowest BCUT2D eigenvalue weighted by atomic mass is 9.45. The molecule has 3 fully saturated rings. The predicted octanol–water partition coefficient (Wildman–Crippen LogP) is 1.82. The number of nitrogens with one attached hydrogen (secondary N) is 1. The van der Waals surface area contributed by atoms with Crippen molar-refractivity contribution in [1.29, 1.82) is 0 Å². The van der Waals surface area contributed by atoms with Crippen molar-refractivity contribution < 1.29 is 44.1 Å². The normalized spacial score (nSPS) is 39.1. The van der Waals surface area contributed by atoms with Crippen molar-refractivity contribution in [3.8, 4) is 0 Å². The molecule has 8 atom stereocenters. The van der Waals surface area contributed by atoms with Crippen molar-refractivity contribution in [3.05, 3.63) is 33.9 Å². The maximum Gasteiger partial charge on any atom is 0.325 e. The van der Waals surface area contributed by atoms with E-state index in [-0.39, 0.29) is 43.5 Å². The molecule has 0 heterocycles. The van der Waals surface area contributed by atoms with Crippen LogP contribution in [0.3, 0.4) is 0 Å². The van der Waals surface area contributed by atoms with Crippen LogP contribution in [0.5, 0.6) is 0 Å². The van der Waals surface area contributed by atoms with E-state index in [2.05, 4.69) is 10.2 Å². The van der Waals surface area contributed by atoms with Crippen LogP contribution in [0.2, 0.25) is 0 Å². The Morgan fingerprint density at radius 2 is 1.98 bits per heavy atom. The number of fused-ring (bicyclic) bond motifs is 5. The minimum Gasteiger partial charge on any atom is -0.456 e. The van der Waals surface area contributed by atoms with Gasteiger partial charge in [-0.25, -0.2) is 0 Å². The Morgan fingerprint density at radius 1 is 1.27 bits per heavy atom. The van der Waals surface area contributed by atoms with E-state index < -0.39 is 69.2 Å². The summed E-state index contributed by atoms with van der Waals surface area (Å²) in [7, 11) is 0. The van der Waals surface area contributed by atoms with Gasteiger partial charge in [0.15, 0.2) is 12.4 Å². The van der Waals surface area contributed by atoms with Crippen molar-refractivity contribution in [2.75, 3.05) is 19.8 Å². The molecule has 0 aliphatic heterocycles. The van der Waals surface area contributed by atoms with Gasteiger partial charge in [0.1, 0.15) is 12.1 Å². The summed E-state index contributed by atoms with van der Waals surface area (Å²) in [5, 5.41) is 35.1. The number of hydrogen-bond donors (Lipinski definition) is 3. The fourth-order valence-corrected chi connectivity index (χ4v) is 8.60. The highest BCUT2D eigenvalue weighted by Crippen LogP contribution is 2.71. The number of allylic oxidation sites excluding steroid dienone is 4. The number of Topliss-reactive ketones (excluding diaryl/α,β-unsaturated/α-hetero) is 1. The number of ether oxygens (including phenoxy) is 1. The van der Waals surface area contributed by atoms with Crippen LogP contribution in [0.4, 0.5) is 0 Å². The fraction of sp³-hybridized carbons (Fsp3) is 0.714. The SMILES string of the molecule is C[C@H]1C[C@H]2[C@@H]3CCC4=CC(=O)C=C[C@]4(C)[C@@]3(Cl)[C@@H](O)C[C@]2(C)[C@@]1(O)C(=O)COC(=O)CNC(=O)CCCO[N+](=O)[O-]. The third-order valence-electron chi connectivity index (χ3n) is 10.2. The Kier molecular flexibility index (Phi) is 8.43. The van der Waals surface area contributed by atoms with Crippen molar-refractivity contribution in [2.24, 2.45) is 28.6 Å². The van der Waals surface area contributed by atoms with Crippen LogP contribution in [0.25, 0.3) is 0 Å². The second-order valence-electron chi connectivity index (χ2n) is 12.2. The highest BCUT2D eigenvalue weighted by molar-refractivity contribution is 6.26. The van der Waals surface area contributed by atoms with Gasteiger partial charge >= 0.3 is 5.97 Å². The van der Waals surface area contributed by atoms with E-state index in [9.17, 15) is 39.5 Å². The van der Waals surface area contributed by atoms with Crippen LogP contribution in [-0.4, -0.2) is 75.1 Å². The van der Waals surface area contributed by atoms with Gasteiger partial charge in [-0.05, 0) is 62.0 Å². The zero-order valence-electron chi connectivity index (χ0n) is 23.4. The second-order valence-corrected chi connectivity index (χ2v) is 12.8. The van der Waals surface area contributed by atoms with E-state index >= 15 is 0 Å². The molecule has 0 radical (unpaired) electrons. The molecule has 3 N–H and O–H groups in total. The van der Waals surface area contributed by atoms with Gasteiger partial charge in [0, 0.05) is 17.3 Å². The summed E-state index contributed by atoms with van der Waals surface area (Å²) in [6, 6.07) is 0. The van der Waals surface area contributed by atoms with Crippen LogP contribution in [-0.2, 0) is 28.8 Å². The number of hydrogen-bond acceptors (Lipinski definition) is 10. The van der Waals surface area contributed by atoms with Crippen LogP contribution in [0, 0.1) is 38.7 Å². The quantitative estimate of drug-likeness (QED) is 0.111. The number of ketones is 2. The molecule has 0 aromatic rings. The zero-order valence-corrected chi connectivity index (χ0v) is 24.1. The van der Waals surface area contributed by atoms with E-state index in [0.717, 1.165) is 5.57 Å². The molecule has 4 aliphatic carbocycles. The minimum absolute atomic E-state index is 0.0407. The first-order chi connectivity index (χ1) is 19.1. The molecule has 0 unspecified atom stereocenters. The van der Waals surface area contributed by atoms with Gasteiger partial charge in [0.2, 0.25) is 11.7 Å². The van der Waals surface area contributed by atoms with Crippen LogP contribution >= 0.6 is 11.6 Å². The van der Waals surface area contributed by atoms with Crippen molar-refractivity contribution >= 4 is 35.0 Å². The first kappa shape index (κ1) is 31.1. The summed E-state index contributed by atoms with van der Waals surface area (Å²) in [6.45, 7) is 4.00. The predicted molar refractivity (Wildman–Crippen MR) is 144 cm³/mol. The second kappa shape index (κ2) is 11.1.